The van der Waals surface area contributed by atoms with E-state index >= 15 is 0 Å². The molecule has 1 aliphatic rings. The number of nitrogens with zero attached hydrogens (tertiary/aromatic N) is 2. The van der Waals surface area contributed by atoms with Crippen LogP contribution in [0.1, 0.15) is 57.5 Å². The van der Waals surface area contributed by atoms with E-state index in [0.717, 1.165) is 36.8 Å². The molecule has 1 aromatic rings. The number of hydrogen-bond acceptors (Lipinski definition) is 4. The van der Waals surface area contributed by atoms with E-state index in [9.17, 15) is 0 Å². The fourth-order valence-corrected chi connectivity index (χ4v) is 2.49. The minimum Gasteiger partial charge on any atom is -0.376 e. The summed E-state index contributed by atoms with van der Waals surface area (Å²) < 4.78 is 5.78. The van der Waals surface area contributed by atoms with E-state index in [0.29, 0.717) is 18.1 Å². The fourth-order valence-electron chi connectivity index (χ4n) is 2.49. The van der Waals surface area contributed by atoms with Crippen molar-refractivity contribution in [3.05, 3.63) is 17.6 Å². The Morgan fingerprint density at radius 1 is 1.42 bits per heavy atom. The lowest BCUT2D eigenvalue weighted by Gasteiger charge is -2.24. The Balaban J connectivity index is 2.12. The topological polar surface area (TPSA) is 47.0 Å². The Labute approximate surface area is 116 Å². The number of nitrogens with one attached hydrogen (secondary N) is 1. The van der Waals surface area contributed by atoms with Gasteiger partial charge in [-0.15, -0.1) is 0 Å². The van der Waals surface area contributed by atoms with Crippen molar-refractivity contribution in [3.8, 4) is 0 Å². The van der Waals surface area contributed by atoms with E-state index in [4.69, 9.17) is 4.74 Å². The molecule has 0 bridgehead atoms. The number of rotatable bonds is 5. The van der Waals surface area contributed by atoms with E-state index in [2.05, 4.69) is 36.1 Å². The zero-order chi connectivity index (χ0) is 13.8. The van der Waals surface area contributed by atoms with Crippen LogP contribution in [0.2, 0.25) is 0 Å². The summed E-state index contributed by atoms with van der Waals surface area (Å²) in [5, 5.41) is 3.53. The number of aryl methyl sites for hydroxylation is 1. The molecule has 4 nitrogen and oxygen atoms in total. The first-order valence-electron chi connectivity index (χ1n) is 7.34. The standard InChI is InChI=1S/C15H25N3O/c1-5-12(13-7-6-8-19-13)17-14-9-11(4)16-15(18-14)10(2)3/h9-10,12-13H,5-8H2,1-4H3,(H,16,17,18). The highest BCUT2D eigenvalue weighted by molar-refractivity contribution is 5.37. The van der Waals surface area contributed by atoms with Crippen LogP contribution in [0.25, 0.3) is 0 Å². The summed E-state index contributed by atoms with van der Waals surface area (Å²) in [5.41, 5.74) is 1.02. The molecule has 0 saturated carbocycles. The average molecular weight is 263 g/mol. The third-order valence-corrected chi connectivity index (χ3v) is 3.57. The van der Waals surface area contributed by atoms with Crippen LogP contribution in [0.15, 0.2) is 6.07 Å². The SMILES string of the molecule is CCC(Nc1cc(C)nc(C(C)C)n1)C1CCCO1. The van der Waals surface area contributed by atoms with Crippen LogP contribution in [0.5, 0.6) is 0 Å². The van der Waals surface area contributed by atoms with Crippen molar-refractivity contribution in [3.63, 3.8) is 0 Å². The van der Waals surface area contributed by atoms with E-state index in [-0.39, 0.29) is 0 Å². The van der Waals surface area contributed by atoms with Crippen LogP contribution in [0, 0.1) is 6.92 Å². The second-order valence-electron chi connectivity index (χ2n) is 5.62. The van der Waals surface area contributed by atoms with E-state index < -0.39 is 0 Å². The summed E-state index contributed by atoms with van der Waals surface area (Å²) in [6.45, 7) is 9.34. The molecule has 4 heteroatoms. The Bertz CT molecular complexity index is 414. The van der Waals surface area contributed by atoms with Gasteiger partial charge in [0.2, 0.25) is 0 Å². The summed E-state index contributed by atoms with van der Waals surface area (Å²) in [6.07, 6.45) is 3.68. The lowest BCUT2D eigenvalue weighted by atomic mass is 10.1. The molecule has 1 saturated heterocycles. The van der Waals surface area contributed by atoms with Crippen LogP contribution < -0.4 is 5.32 Å². The highest BCUT2D eigenvalue weighted by Gasteiger charge is 2.25. The smallest absolute Gasteiger partial charge is 0.133 e. The van der Waals surface area contributed by atoms with Gasteiger partial charge in [-0.3, -0.25) is 0 Å². The lowest BCUT2D eigenvalue weighted by molar-refractivity contribution is 0.0942. The zero-order valence-corrected chi connectivity index (χ0v) is 12.4. The second-order valence-corrected chi connectivity index (χ2v) is 5.62. The molecule has 1 fully saturated rings. The molecule has 1 N–H and O–H groups in total. The Hall–Kier alpha value is -1.16. The van der Waals surface area contributed by atoms with Crippen molar-refractivity contribution in [2.45, 2.75) is 65.0 Å². The summed E-state index contributed by atoms with van der Waals surface area (Å²) in [6, 6.07) is 2.36. The molecule has 106 valence electrons. The summed E-state index contributed by atoms with van der Waals surface area (Å²) in [7, 11) is 0. The predicted molar refractivity (Wildman–Crippen MR) is 77.5 cm³/mol. The third-order valence-electron chi connectivity index (χ3n) is 3.57. The van der Waals surface area contributed by atoms with E-state index in [1.165, 1.54) is 6.42 Å². The highest BCUT2D eigenvalue weighted by Crippen LogP contribution is 2.21. The first-order chi connectivity index (χ1) is 9.10. The van der Waals surface area contributed by atoms with Gasteiger partial charge >= 0.3 is 0 Å². The summed E-state index contributed by atoms with van der Waals surface area (Å²) >= 11 is 0. The average Bonchev–Trinajstić information content (AvgIpc) is 2.89. The maximum Gasteiger partial charge on any atom is 0.133 e. The molecule has 0 aromatic carbocycles. The molecule has 0 radical (unpaired) electrons. The number of ether oxygens (including phenoxy) is 1. The van der Waals surface area contributed by atoms with E-state index in [1.807, 2.05) is 13.0 Å². The predicted octanol–water partition coefficient (Wildman–Crippen LogP) is 3.28. The molecule has 0 spiro atoms. The van der Waals surface area contributed by atoms with Gasteiger partial charge in [0.05, 0.1) is 12.1 Å². The highest BCUT2D eigenvalue weighted by atomic mass is 16.5. The number of aromatic nitrogens is 2. The van der Waals surface area contributed by atoms with Crippen LogP contribution in [0.4, 0.5) is 5.82 Å². The first kappa shape index (κ1) is 14.3. The van der Waals surface area contributed by atoms with Gasteiger partial charge in [-0.05, 0) is 26.2 Å². The van der Waals surface area contributed by atoms with Crippen molar-refractivity contribution >= 4 is 5.82 Å². The molecule has 2 unspecified atom stereocenters. The number of anilines is 1. The van der Waals surface area contributed by atoms with Gasteiger partial charge in [0, 0.05) is 24.3 Å². The van der Waals surface area contributed by atoms with Crippen LogP contribution in [-0.4, -0.2) is 28.7 Å². The molecule has 1 aromatic heterocycles. The molecule has 2 heterocycles. The van der Waals surface area contributed by atoms with Crippen LogP contribution in [0.3, 0.4) is 0 Å². The molecular weight excluding hydrogens is 238 g/mol. The lowest BCUT2D eigenvalue weighted by Crippen LogP contribution is -2.33. The van der Waals surface area contributed by atoms with Crippen molar-refractivity contribution in [1.82, 2.24) is 9.97 Å². The van der Waals surface area contributed by atoms with Gasteiger partial charge in [0.1, 0.15) is 11.6 Å². The van der Waals surface area contributed by atoms with Gasteiger partial charge in [0.15, 0.2) is 0 Å². The van der Waals surface area contributed by atoms with Gasteiger partial charge in [-0.1, -0.05) is 20.8 Å². The Morgan fingerprint density at radius 3 is 2.79 bits per heavy atom. The van der Waals surface area contributed by atoms with Crippen molar-refractivity contribution in [1.29, 1.82) is 0 Å². The van der Waals surface area contributed by atoms with Crippen molar-refractivity contribution in [2.24, 2.45) is 0 Å². The maximum absolute atomic E-state index is 5.78. The minimum atomic E-state index is 0.322. The number of hydrogen-bond donors (Lipinski definition) is 1. The fraction of sp³-hybridized carbons (Fsp3) is 0.733. The largest absolute Gasteiger partial charge is 0.376 e. The molecule has 0 amide bonds. The minimum absolute atomic E-state index is 0.322. The summed E-state index contributed by atoms with van der Waals surface area (Å²) in [5.74, 6) is 2.19. The van der Waals surface area contributed by atoms with E-state index in [1.54, 1.807) is 0 Å². The van der Waals surface area contributed by atoms with Gasteiger partial charge in [-0.25, -0.2) is 9.97 Å². The normalized spacial score (nSPS) is 20.8. The van der Waals surface area contributed by atoms with Gasteiger partial charge < -0.3 is 10.1 Å². The summed E-state index contributed by atoms with van der Waals surface area (Å²) in [4.78, 5) is 9.10. The molecule has 19 heavy (non-hydrogen) atoms. The van der Waals surface area contributed by atoms with Crippen molar-refractivity contribution in [2.75, 3.05) is 11.9 Å². The van der Waals surface area contributed by atoms with Crippen LogP contribution >= 0.6 is 0 Å². The molecule has 1 aliphatic heterocycles. The van der Waals surface area contributed by atoms with Gasteiger partial charge in [0.25, 0.3) is 0 Å². The van der Waals surface area contributed by atoms with Crippen molar-refractivity contribution < 1.29 is 4.74 Å². The van der Waals surface area contributed by atoms with Crippen LogP contribution in [-0.2, 0) is 4.74 Å². The first-order valence-corrected chi connectivity index (χ1v) is 7.34. The molecule has 2 rings (SSSR count). The maximum atomic E-state index is 5.78. The Kier molecular flexibility index (Phi) is 4.75. The van der Waals surface area contributed by atoms with Gasteiger partial charge in [-0.2, -0.15) is 0 Å². The zero-order valence-electron chi connectivity index (χ0n) is 12.4. The molecular formula is C15H25N3O. The Morgan fingerprint density at radius 2 is 2.21 bits per heavy atom. The quantitative estimate of drug-likeness (QED) is 0.885. The molecule has 0 aliphatic carbocycles. The third kappa shape index (κ3) is 3.66. The monoisotopic (exact) mass is 263 g/mol. The molecule has 2 atom stereocenters. The second kappa shape index (κ2) is 6.33.